The Morgan fingerprint density at radius 3 is 2.36 bits per heavy atom. The van der Waals surface area contributed by atoms with Gasteiger partial charge in [-0.3, -0.25) is 0 Å². The van der Waals surface area contributed by atoms with Crippen molar-refractivity contribution >= 4 is 21.5 Å². The van der Waals surface area contributed by atoms with Crippen molar-refractivity contribution in [1.82, 2.24) is 0 Å². The van der Waals surface area contributed by atoms with Crippen molar-refractivity contribution < 1.29 is 4.74 Å². The zero-order valence-corrected chi connectivity index (χ0v) is 12.4. The third-order valence-electron chi connectivity index (χ3n) is 5.20. The molecule has 0 amide bonds. The van der Waals surface area contributed by atoms with E-state index in [4.69, 9.17) is 4.74 Å². The van der Waals surface area contributed by atoms with E-state index >= 15 is 0 Å². The van der Waals surface area contributed by atoms with Crippen LogP contribution in [0.15, 0.2) is 66.7 Å². The Labute approximate surface area is 130 Å². The molecule has 5 rings (SSSR count). The summed E-state index contributed by atoms with van der Waals surface area (Å²) in [4.78, 5) is 0. The highest BCUT2D eigenvalue weighted by atomic mass is 16.5. The minimum atomic E-state index is 0.354. The topological polar surface area (TPSA) is 9.23 Å². The normalized spacial score (nSPS) is 26.1. The van der Waals surface area contributed by atoms with Gasteiger partial charge in [-0.2, -0.15) is 0 Å². The van der Waals surface area contributed by atoms with E-state index in [1.165, 1.54) is 34.4 Å². The van der Waals surface area contributed by atoms with Gasteiger partial charge in [-0.15, -0.1) is 0 Å². The van der Waals surface area contributed by atoms with Crippen LogP contribution in [-0.4, -0.2) is 6.10 Å². The smallest absolute Gasteiger partial charge is 0.127 e. The maximum absolute atomic E-state index is 6.42. The van der Waals surface area contributed by atoms with Crippen molar-refractivity contribution in [1.29, 1.82) is 0 Å². The highest BCUT2D eigenvalue weighted by Gasteiger charge is 2.37. The van der Waals surface area contributed by atoms with E-state index in [1.807, 2.05) is 0 Å². The lowest BCUT2D eigenvalue weighted by molar-refractivity contribution is 0.177. The Balaban J connectivity index is 1.61. The molecule has 22 heavy (non-hydrogen) atoms. The fourth-order valence-electron chi connectivity index (χ4n) is 4.07. The number of hydrogen-bond acceptors (Lipinski definition) is 1. The number of hydrogen-bond donors (Lipinski definition) is 0. The van der Waals surface area contributed by atoms with Crippen molar-refractivity contribution in [3.63, 3.8) is 0 Å². The molecule has 0 saturated heterocycles. The van der Waals surface area contributed by atoms with Crippen molar-refractivity contribution in [2.24, 2.45) is 11.8 Å². The summed E-state index contributed by atoms with van der Waals surface area (Å²) >= 11 is 0. The van der Waals surface area contributed by atoms with Crippen LogP contribution in [-0.2, 0) is 0 Å². The molecular weight excluding hydrogens is 268 g/mol. The Bertz CT molecular complexity index is 893. The van der Waals surface area contributed by atoms with E-state index in [2.05, 4.69) is 66.7 Å². The summed E-state index contributed by atoms with van der Waals surface area (Å²) < 4.78 is 6.42. The SMILES string of the molecule is C1=CC2CC1CC2Oc1cccc2cc3ccccc3cc12. The molecule has 3 atom stereocenters. The van der Waals surface area contributed by atoms with Gasteiger partial charge in [0, 0.05) is 11.3 Å². The molecule has 0 heterocycles. The third kappa shape index (κ3) is 1.85. The van der Waals surface area contributed by atoms with Crippen LogP contribution in [0, 0.1) is 11.8 Å². The Morgan fingerprint density at radius 2 is 1.59 bits per heavy atom. The minimum absolute atomic E-state index is 0.354. The largest absolute Gasteiger partial charge is 0.489 e. The summed E-state index contributed by atoms with van der Waals surface area (Å²) in [7, 11) is 0. The molecule has 2 aliphatic carbocycles. The molecule has 3 aromatic rings. The molecule has 0 aliphatic heterocycles. The Morgan fingerprint density at radius 1 is 0.773 bits per heavy atom. The Hall–Kier alpha value is -2.28. The van der Waals surface area contributed by atoms with E-state index < -0.39 is 0 Å². The molecule has 3 aromatic carbocycles. The number of allylic oxidation sites excluding steroid dienone is 1. The van der Waals surface area contributed by atoms with Gasteiger partial charge in [0.15, 0.2) is 0 Å². The van der Waals surface area contributed by atoms with Crippen LogP contribution in [0.1, 0.15) is 12.8 Å². The average Bonchev–Trinajstić information content (AvgIpc) is 3.16. The highest BCUT2D eigenvalue weighted by molar-refractivity contribution is 6.00. The lowest BCUT2D eigenvalue weighted by Gasteiger charge is -2.21. The lowest BCUT2D eigenvalue weighted by atomic mass is 10.0. The van der Waals surface area contributed by atoms with Crippen LogP contribution in [0.2, 0.25) is 0 Å². The number of fused-ring (bicyclic) bond motifs is 4. The van der Waals surface area contributed by atoms with Crippen LogP contribution in [0.3, 0.4) is 0 Å². The standard InChI is InChI=1S/C21H18O/c1-2-5-16-13-19-17(12-15(16)4-1)6-3-7-20(19)22-21-11-14-8-9-18(21)10-14/h1-9,12-14,18,21H,10-11H2. The molecule has 1 heteroatoms. The molecular formula is C21H18O. The summed E-state index contributed by atoms with van der Waals surface area (Å²) in [6.45, 7) is 0. The first-order valence-corrected chi connectivity index (χ1v) is 8.13. The quantitative estimate of drug-likeness (QED) is 0.456. The molecule has 108 valence electrons. The number of ether oxygens (including phenoxy) is 1. The Kier molecular flexibility index (Phi) is 2.57. The lowest BCUT2D eigenvalue weighted by Crippen LogP contribution is -2.21. The van der Waals surface area contributed by atoms with Crippen molar-refractivity contribution in [3.8, 4) is 5.75 Å². The molecule has 1 fully saturated rings. The zero-order chi connectivity index (χ0) is 14.5. The maximum atomic E-state index is 6.42. The summed E-state index contributed by atoms with van der Waals surface area (Å²) in [5.41, 5.74) is 0. The van der Waals surface area contributed by atoms with Gasteiger partial charge in [0.05, 0.1) is 0 Å². The average molecular weight is 286 g/mol. The number of rotatable bonds is 2. The van der Waals surface area contributed by atoms with Gasteiger partial charge in [-0.25, -0.2) is 0 Å². The molecule has 0 spiro atoms. The second-order valence-electron chi connectivity index (χ2n) is 6.61. The van der Waals surface area contributed by atoms with Gasteiger partial charge in [-0.05, 0) is 53.1 Å². The van der Waals surface area contributed by atoms with Crippen LogP contribution >= 0.6 is 0 Å². The summed E-state index contributed by atoms with van der Waals surface area (Å²) in [6.07, 6.45) is 7.51. The van der Waals surface area contributed by atoms with Crippen LogP contribution in [0.5, 0.6) is 5.75 Å². The molecule has 1 nitrogen and oxygen atoms in total. The molecule has 2 bridgehead atoms. The predicted octanol–water partition coefficient (Wildman–Crippen LogP) is 5.34. The maximum Gasteiger partial charge on any atom is 0.127 e. The van der Waals surface area contributed by atoms with E-state index in [9.17, 15) is 0 Å². The summed E-state index contributed by atoms with van der Waals surface area (Å²) in [6, 6.07) is 19.5. The first kappa shape index (κ1) is 12.3. The second-order valence-corrected chi connectivity index (χ2v) is 6.61. The van der Waals surface area contributed by atoms with E-state index in [1.54, 1.807) is 0 Å². The first-order valence-electron chi connectivity index (χ1n) is 8.13. The van der Waals surface area contributed by atoms with E-state index in [0.717, 1.165) is 11.7 Å². The highest BCUT2D eigenvalue weighted by Crippen LogP contribution is 2.42. The van der Waals surface area contributed by atoms with Gasteiger partial charge >= 0.3 is 0 Å². The molecule has 0 N–H and O–H groups in total. The van der Waals surface area contributed by atoms with Crippen molar-refractivity contribution in [2.75, 3.05) is 0 Å². The van der Waals surface area contributed by atoms with Gasteiger partial charge < -0.3 is 4.74 Å². The molecule has 1 saturated carbocycles. The fraction of sp³-hybridized carbons (Fsp3) is 0.238. The van der Waals surface area contributed by atoms with Crippen molar-refractivity contribution in [2.45, 2.75) is 18.9 Å². The van der Waals surface area contributed by atoms with Crippen LogP contribution < -0.4 is 4.74 Å². The van der Waals surface area contributed by atoms with Gasteiger partial charge in [0.1, 0.15) is 11.9 Å². The van der Waals surface area contributed by atoms with Crippen LogP contribution in [0.4, 0.5) is 0 Å². The monoisotopic (exact) mass is 286 g/mol. The van der Waals surface area contributed by atoms with Gasteiger partial charge in [0.25, 0.3) is 0 Å². The van der Waals surface area contributed by atoms with Crippen LogP contribution in [0.25, 0.3) is 21.5 Å². The third-order valence-corrected chi connectivity index (χ3v) is 5.20. The summed E-state index contributed by atoms with van der Waals surface area (Å²) in [5.74, 6) is 2.39. The zero-order valence-electron chi connectivity index (χ0n) is 12.4. The van der Waals surface area contributed by atoms with Gasteiger partial charge in [0.2, 0.25) is 0 Å². The molecule has 3 unspecified atom stereocenters. The van der Waals surface area contributed by atoms with E-state index in [0.29, 0.717) is 12.0 Å². The molecule has 0 aromatic heterocycles. The first-order chi connectivity index (χ1) is 10.9. The second kappa shape index (κ2) is 4.61. The fourth-order valence-corrected chi connectivity index (χ4v) is 4.07. The number of benzene rings is 3. The summed E-state index contributed by atoms with van der Waals surface area (Å²) in [5, 5.41) is 5.05. The molecule has 0 radical (unpaired) electrons. The predicted molar refractivity (Wildman–Crippen MR) is 91.2 cm³/mol. The minimum Gasteiger partial charge on any atom is -0.489 e. The van der Waals surface area contributed by atoms with Gasteiger partial charge in [-0.1, -0.05) is 48.6 Å². The molecule has 2 aliphatic rings. The van der Waals surface area contributed by atoms with Crippen molar-refractivity contribution in [3.05, 3.63) is 66.7 Å². The van der Waals surface area contributed by atoms with E-state index in [-0.39, 0.29) is 0 Å².